The van der Waals surface area contributed by atoms with Crippen LogP contribution in [-0.2, 0) is 6.61 Å². The molecule has 4 rings (SSSR count). The number of anilines is 2. The predicted molar refractivity (Wildman–Crippen MR) is 110 cm³/mol. The maximum Gasteiger partial charge on any atom is 0.170 e. The molecule has 3 aromatic rings. The highest BCUT2D eigenvalue weighted by molar-refractivity contribution is 6.30. The summed E-state index contributed by atoms with van der Waals surface area (Å²) in [6.45, 7) is 1.21. The lowest BCUT2D eigenvalue weighted by Gasteiger charge is -2.21. The lowest BCUT2D eigenvalue weighted by molar-refractivity contribution is 0.166. The summed E-state index contributed by atoms with van der Waals surface area (Å²) in [5.41, 5.74) is 13.6. The van der Waals surface area contributed by atoms with Crippen LogP contribution in [0.3, 0.4) is 0 Å². The predicted octanol–water partition coefficient (Wildman–Crippen LogP) is 4.67. The van der Waals surface area contributed by atoms with Gasteiger partial charge < -0.3 is 25.7 Å². The van der Waals surface area contributed by atoms with E-state index in [2.05, 4.69) is 15.2 Å². The van der Waals surface area contributed by atoms with Crippen molar-refractivity contribution in [2.24, 2.45) is 10.2 Å². The van der Waals surface area contributed by atoms with Crippen LogP contribution >= 0.6 is 11.6 Å². The number of rotatable bonds is 5. The minimum Gasteiger partial charge on any atom is -0.486 e. The van der Waals surface area contributed by atoms with Crippen molar-refractivity contribution in [3.05, 3.63) is 59.1 Å². The second-order valence-electron chi connectivity index (χ2n) is 6.19. The molecule has 1 aromatic heterocycles. The molecule has 0 saturated heterocycles. The molecule has 0 atom stereocenters. The third kappa shape index (κ3) is 4.33. The van der Waals surface area contributed by atoms with Crippen LogP contribution in [0.4, 0.5) is 23.0 Å². The molecule has 2 aromatic carbocycles. The third-order valence-electron chi connectivity index (χ3n) is 4.13. The summed E-state index contributed by atoms with van der Waals surface area (Å²) in [5.74, 6) is 2.05. The lowest BCUT2D eigenvalue weighted by Crippen LogP contribution is -2.17. The first-order chi connectivity index (χ1) is 14.1. The molecule has 8 nitrogen and oxygen atoms in total. The fourth-order valence-corrected chi connectivity index (χ4v) is 2.91. The SMILES string of the molecule is Nc1cc(OCc2cccc3c2OCCO3)c(/N=N/c2ccc(Cl)cc2)c(N)n1. The van der Waals surface area contributed by atoms with E-state index in [0.29, 0.717) is 41.2 Å². The van der Waals surface area contributed by atoms with Crippen LogP contribution in [-0.4, -0.2) is 18.2 Å². The fraction of sp³-hybridized carbons (Fsp3) is 0.150. The maximum absolute atomic E-state index is 6.00. The number of fused-ring (bicyclic) bond motifs is 1. The number of ether oxygens (including phenoxy) is 3. The van der Waals surface area contributed by atoms with Gasteiger partial charge in [-0.05, 0) is 30.3 Å². The Morgan fingerprint density at radius 2 is 1.83 bits per heavy atom. The van der Waals surface area contributed by atoms with Crippen LogP contribution in [0.5, 0.6) is 17.2 Å². The molecule has 0 unspecified atom stereocenters. The molecule has 148 valence electrons. The summed E-state index contributed by atoms with van der Waals surface area (Å²) in [6.07, 6.45) is 0. The summed E-state index contributed by atoms with van der Waals surface area (Å²) in [5, 5.41) is 8.99. The Morgan fingerprint density at radius 1 is 1.03 bits per heavy atom. The number of pyridine rings is 1. The van der Waals surface area contributed by atoms with Gasteiger partial charge in [0.05, 0.1) is 5.69 Å². The molecule has 0 radical (unpaired) electrons. The van der Waals surface area contributed by atoms with E-state index in [9.17, 15) is 0 Å². The Labute approximate surface area is 172 Å². The van der Waals surface area contributed by atoms with Crippen molar-refractivity contribution in [3.8, 4) is 17.2 Å². The van der Waals surface area contributed by atoms with Crippen molar-refractivity contribution >= 4 is 34.6 Å². The Kier molecular flexibility index (Phi) is 5.35. The van der Waals surface area contributed by atoms with Crippen molar-refractivity contribution in [1.82, 2.24) is 4.98 Å². The molecule has 2 heterocycles. The molecule has 4 N–H and O–H groups in total. The van der Waals surface area contributed by atoms with Gasteiger partial charge in [-0.15, -0.1) is 5.11 Å². The molecular formula is C20H18ClN5O3. The number of benzene rings is 2. The van der Waals surface area contributed by atoms with Gasteiger partial charge in [-0.25, -0.2) is 4.98 Å². The summed E-state index contributed by atoms with van der Waals surface area (Å²) in [6, 6.07) is 14.1. The zero-order valence-electron chi connectivity index (χ0n) is 15.3. The first-order valence-electron chi connectivity index (χ1n) is 8.84. The second kappa shape index (κ2) is 8.24. The van der Waals surface area contributed by atoms with Crippen molar-refractivity contribution in [2.45, 2.75) is 6.61 Å². The summed E-state index contributed by atoms with van der Waals surface area (Å²) >= 11 is 5.89. The molecular weight excluding hydrogens is 394 g/mol. The van der Waals surface area contributed by atoms with Crippen LogP contribution in [0.15, 0.2) is 58.8 Å². The summed E-state index contributed by atoms with van der Waals surface area (Å²) < 4.78 is 17.3. The lowest BCUT2D eigenvalue weighted by atomic mass is 10.2. The molecule has 0 amide bonds. The summed E-state index contributed by atoms with van der Waals surface area (Å²) in [4.78, 5) is 4.04. The first-order valence-corrected chi connectivity index (χ1v) is 9.21. The van der Waals surface area contributed by atoms with E-state index in [4.69, 9.17) is 37.3 Å². The topological polar surface area (TPSA) is 117 Å². The normalized spacial score (nSPS) is 12.9. The van der Waals surface area contributed by atoms with Gasteiger partial charge in [0.15, 0.2) is 28.8 Å². The third-order valence-corrected chi connectivity index (χ3v) is 4.38. The number of para-hydroxylation sites is 1. The number of hydrogen-bond acceptors (Lipinski definition) is 8. The number of aromatic nitrogens is 1. The zero-order chi connectivity index (χ0) is 20.2. The molecule has 9 heteroatoms. The molecule has 0 fully saturated rings. The Morgan fingerprint density at radius 3 is 2.66 bits per heavy atom. The molecule has 0 bridgehead atoms. The van der Waals surface area contributed by atoms with E-state index < -0.39 is 0 Å². The number of halogens is 1. The number of nitrogens with two attached hydrogens (primary N) is 2. The summed E-state index contributed by atoms with van der Waals surface area (Å²) in [7, 11) is 0. The van der Waals surface area contributed by atoms with Gasteiger partial charge >= 0.3 is 0 Å². The van der Waals surface area contributed by atoms with E-state index >= 15 is 0 Å². The number of nitrogens with zero attached hydrogens (tertiary/aromatic N) is 3. The van der Waals surface area contributed by atoms with Crippen molar-refractivity contribution in [3.63, 3.8) is 0 Å². The van der Waals surface area contributed by atoms with Gasteiger partial charge in [0.25, 0.3) is 0 Å². The highest BCUT2D eigenvalue weighted by Gasteiger charge is 2.17. The largest absolute Gasteiger partial charge is 0.486 e. The van der Waals surface area contributed by atoms with Gasteiger partial charge in [-0.3, -0.25) is 0 Å². The maximum atomic E-state index is 6.00. The van der Waals surface area contributed by atoms with E-state index in [1.807, 2.05) is 18.2 Å². The van der Waals surface area contributed by atoms with Crippen LogP contribution < -0.4 is 25.7 Å². The van der Waals surface area contributed by atoms with Gasteiger partial charge in [-0.1, -0.05) is 23.7 Å². The number of azo groups is 1. The quantitative estimate of drug-likeness (QED) is 0.589. The Bertz CT molecular complexity index is 1060. The second-order valence-corrected chi connectivity index (χ2v) is 6.62. The average Bonchev–Trinajstić information content (AvgIpc) is 2.72. The van der Waals surface area contributed by atoms with Crippen LogP contribution in [0.2, 0.25) is 5.02 Å². The molecule has 0 saturated carbocycles. The highest BCUT2D eigenvalue weighted by Crippen LogP contribution is 2.38. The minimum atomic E-state index is 0.118. The average molecular weight is 412 g/mol. The molecule has 29 heavy (non-hydrogen) atoms. The smallest absolute Gasteiger partial charge is 0.170 e. The number of hydrogen-bond donors (Lipinski definition) is 2. The van der Waals surface area contributed by atoms with E-state index in [1.54, 1.807) is 30.3 Å². The first kappa shape index (κ1) is 18.8. The minimum absolute atomic E-state index is 0.118. The van der Waals surface area contributed by atoms with Gasteiger partial charge in [0.2, 0.25) is 0 Å². The van der Waals surface area contributed by atoms with Crippen molar-refractivity contribution in [1.29, 1.82) is 0 Å². The molecule has 0 aliphatic carbocycles. The van der Waals surface area contributed by atoms with Gasteiger partial charge in [0, 0.05) is 16.7 Å². The van der Waals surface area contributed by atoms with Crippen molar-refractivity contribution in [2.75, 3.05) is 24.7 Å². The standard InChI is InChI=1S/C20H18ClN5O3/c21-13-4-6-14(7-5-13)25-26-18-16(10-17(22)24-20(18)23)29-11-12-2-1-3-15-19(12)28-9-8-27-15/h1-7,10H,8-9,11H2,(H4,22,23,24)/b26-25+. The van der Waals surface area contributed by atoms with E-state index in [1.165, 1.54) is 0 Å². The van der Waals surface area contributed by atoms with Crippen molar-refractivity contribution < 1.29 is 14.2 Å². The van der Waals surface area contributed by atoms with E-state index in [0.717, 1.165) is 5.56 Å². The zero-order valence-corrected chi connectivity index (χ0v) is 16.1. The van der Waals surface area contributed by atoms with Crippen LogP contribution in [0.25, 0.3) is 0 Å². The Balaban J connectivity index is 1.60. The van der Waals surface area contributed by atoms with Crippen LogP contribution in [0.1, 0.15) is 5.56 Å². The monoisotopic (exact) mass is 411 g/mol. The highest BCUT2D eigenvalue weighted by atomic mass is 35.5. The van der Waals surface area contributed by atoms with Gasteiger partial charge in [-0.2, -0.15) is 5.11 Å². The number of nitrogen functional groups attached to an aromatic ring is 2. The fourth-order valence-electron chi connectivity index (χ4n) is 2.78. The molecule has 0 spiro atoms. The molecule has 1 aliphatic rings. The van der Waals surface area contributed by atoms with Gasteiger partial charge in [0.1, 0.15) is 25.6 Å². The van der Waals surface area contributed by atoms with Crippen LogP contribution in [0, 0.1) is 0 Å². The molecule has 1 aliphatic heterocycles. The van der Waals surface area contributed by atoms with E-state index in [-0.39, 0.29) is 23.9 Å². The Hall–Kier alpha value is -3.52.